The number of rotatable bonds is 6. The van der Waals surface area contributed by atoms with Crippen molar-refractivity contribution in [3.8, 4) is 5.69 Å². The number of esters is 1. The minimum Gasteiger partial charge on any atom is -0.468 e. The molecule has 0 atom stereocenters. The van der Waals surface area contributed by atoms with E-state index in [1.165, 1.54) is 18.9 Å². The summed E-state index contributed by atoms with van der Waals surface area (Å²) in [6.45, 7) is -0.137. The van der Waals surface area contributed by atoms with Gasteiger partial charge >= 0.3 is 5.97 Å². The lowest BCUT2D eigenvalue weighted by Gasteiger charge is -2.07. The average Bonchev–Trinajstić information content (AvgIpc) is 2.99. The Kier molecular flexibility index (Phi) is 5.85. The summed E-state index contributed by atoms with van der Waals surface area (Å²) in [5, 5.41) is 3.80. The van der Waals surface area contributed by atoms with Gasteiger partial charge in [-0.15, -0.1) is 0 Å². The molecule has 1 aromatic heterocycles. The lowest BCUT2D eigenvalue weighted by atomic mass is 10.3. The molecule has 0 bridgehead atoms. The first-order valence-corrected chi connectivity index (χ1v) is 7.72. The Morgan fingerprint density at radius 2 is 2.09 bits per heavy atom. The summed E-state index contributed by atoms with van der Waals surface area (Å²) in [4.78, 5) is 26.8. The van der Waals surface area contributed by atoms with Crippen molar-refractivity contribution < 1.29 is 14.3 Å². The van der Waals surface area contributed by atoms with Crippen LogP contribution < -0.4 is 5.32 Å². The zero-order valence-corrected chi connectivity index (χ0v) is 13.4. The van der Waals surface area contributed by atoms with E-state index in [2.05, 4.69) is 15.0 Å². The predicted octanol–water partition coefficient (Wildman–Crippen LogP) is 1.91. The number of amides is 1. The SMILES string of the molecule is COC(=O)CNC(=O)CSc1nccn1-c1ccc(Cl)cc1. The van der Waals surface area contributed by atoms with Crippen LogP contribution in [-0.2, 0) is 14.3 Å². The molecule has 0 fully saturated rings. The molecule has 0 unspecified atom stereocenters. The van der Waals surface area contributed by atoms with Crippen LogP contribution in [0.25, 0.3) is 5.69 Å². The normalized spacial score (nSPS) is 10.3. The first-order chi connectivity index (χ1) is 10.6. The molecule has 1 N–H and O–H groups in total. The summed E-state index contributed by atoms with van der Waals surface area (Å²) in [7, 11) is 1.27. The Hall–Kier alpha value is -1.99. The molecule has 0 aliphatic rings. The molecule has 2 aromatic rings. The van der Waals surface area contributed by atoms with Crippen molar-refractivity contribution in [2.24, 2.45) is 0 Å². The van der Waals surface area contributed by atoms with Crippen LogP contribution in [0.5, 0.6) is 0 Å². The van der Waals surface area contributed by atoms with Crippen LogP contribution in [0, 0.1) is 0 Å². The van der Waals surface area contributed by atoms with Gasteiger partial charge in [-0.25, -0.2) is 4.98 Å². The number of ether oxygens (including phenoxy) is 1. The van der Waals surface area contributed by atoms with Gasteiger partial charge in [0.1, 0.15) is 6.54 Å². The Morgan fingerprint density at radius 1 is 1.36 bits per heavy atom. The lowest BCUT2D eigenvalue weighted by Crippen LogP contribution is -2.31. The van der Waals surface area contributed by atoms with E-state index in [-0.39, 0.29) is 18.2 Å². The fraction of sp³-hybridized carbons (Fsp3) is 0.214. The number of carbonyl (C=O) groups is 2. The van der Waals surface area contributed by atoms with Crippen molar-refractivity contribution in [2.45, 2.75) is 5.16 Å². The molecule has 8 heteroatoms. The topological polar surface area (TPSA) is 73.2 Å². The number of halogens is 1. The van der Waals surface area contributed by atoms with Gasteiger partial charge in [0.2, 0.25) is 5.91 Å². The first-order valence-electron chi connectivity index (χ1n) is 6.35. The third-order valence-corrected chi connectivity index (χ3v) is 3.92. The summed E-state index contributed by atoms with van der Waals surface area (Å²) < 4.78 is 6.31. The zero-order chi connectivity index (χ0) is 15.9. The largest absolute Gasteiger partial charge is 0.468 e. The van der Waals surface area contributed by atoms with Crippen LogP contribution in [0.15, 0.2) is 41.8 Å². The van der Waals surface area contributed by atoms with Gasteiger partial charge < -0.3 is 10.1 Å². The Balaban J connectivity index is 1.94. The van der Waals surface area contributed by atoms with Crippen LogP contribution >= 0.6 is 23.4 Å². The minimum atomic E-state index is -0.485. The van der Waals surface area contributed by atoms with E-state index in [4.69, 9.17) is 11.6 Å². The highest BCUT2D eigenvalue weighted by atomic mass is 35.5. The minimum absolute atomic E-state index is 0.137. The van der Waals surface area contributed by atoms with E-state index in [1.54, 1.807) is 24.5 Å². The van der Waals surface area contributed by atoms with Crippen molar-refractivity contribution in [2.75, 3.05) is 19.4 Å². The number of hydrogen-bond acceptors (Lipinski definition) is 5. The second-order valence-electron chi connectivity index (χ2n) is 4.20. The molecule has 0 aliphatic carbocycles. The molecule has 22 heavy (non-hydrogen) atoms. The predicted molar refractivity (Wildman–Crippen MR) is 84.3 cm³/mol. The Morgan fingerprint density at radius 3 is 2.77 bits per heavy atom. The van der Waals surface area contributed by atoms with Crippen molar-refractivity contribution in [1.29, 1.82) is 0 Å². The maximum Gasteiger partial charge on any atom is 0.325 e. The van der Waals surface area contributed by atoms with Crippen LogP contribution in [-0.4, -0.2) is 40.8 Å². The van der Waals surface area contributed by atoms with E-state index in [0.717, 1.165) is 5.69 Å². The monoisotopic (exact) mass is 339 g/mol. The van der Waals surface area contributed by atoms with E-state index < -0.39 is 5.97 Å². The van der Waals surface area contributed by atoms with Gasteiger partial charge in [-0.3, -0.25) is 14.2 Å². The van der Waals surface area contributed by atoms with Crippen LogP contribution in [0.1, 0.15) is 0 Å². The zero-order valence-electron chi connectivity index (χ0n) is 11.8. The molecule has 0 saturated heterocycles. The number of carbonyl (C=O) groups excluding carboxylic acids is 2. The number of nitrogens with zero attached hydrogens (tertiary/aromatic N) is 2. The van der Waals surface area contributed by atoms with Crippen molar-refractivity contribution in [3.05, 3.63) is 41.7 Å². The second kappa shape index (κ2) is 7.86. The van der Waals surface area contributed by atoms with Gasteiger partial charge in [0.15, 0.2) is 5.16 Å². The highest BCUT2D eigenvalue weighted by Gasteiger charge is 2.10. The van der Waals surface area contributed by atoms with Gasteiger partial charge in [0, 0.05) is 23.1 Å². The van der Waals surface area contributed by atoms with Gasteiger partial charge in [-0.2, -0.15) is 0 Å². The number of benzene rings is 1. The highest BCUT2D eigenvalue weighted by Crippen LogP contribution is 2.21. The summed E-state index contributed by atoms with van der Waals surface area (Å²) in [6.07, 6.45) is 3.46. The molecule has 0 aliphatic heterocycles. The van der Waals surface area contributed by atoms with E-state index in [1.807, 2.05) is 16.7 Å². The number of thioether (sulfide) groups is 1. The average molecular weight is 340 g/mol. The lowest BCUT2D eigenvalue weighted by molar-refractivity contribution is -0.140. The van der Waals surface area contributed by atoms with E-state index >= 15 is 0 Å². The number of aromatic nitrogens is 2. The molecule has 1 aromatic carbocycles. The van der Waals surface area contributed by atoms with Gasteiger partial charge in [-0.1, -0.05) is 23.4 Å². The van der Waals surface area contributed by atoms with Gasteiger partial charge in [-0.05, 0) is 24.3 Å². The molecule has 1 amide bonds. The molecule has 1 heterocycles. The third kappa shape index (κ3) is 4.51. The standard InChI is InChI=1S/C14H14ClN3O3S/c1-21-13(20)8-17-12(19)9-22-14-16-6-7-18(14)11-4-2-10(15)3-5-11/h2-7H,8-9H2,1H3,(H,17,19). The van der Waals surface area contributed by atoms with Crippen molar-refractivity contribution in [3.63, 3.8) is 0 Å². The molecule has 0 radical (unpaired) electrons. The summed E-state index contributed by atoms with van der Waals surface area (Å²) in [5.41, 5.74) is 0.902. The molecule has 2 rings (SSSR count). The molecular weight excluding hydrogens is 326 g/mol. The van der Waals surface area contributed by atoms with E-state index in [9.17, 15) is 9.59 Å². The number of imidazole rings is 1. The summed E-state index contributed by atoms with van der Waals surface area (Å²) in [5.74, 6) is -0.594. The molecule has 0 saturated carbocycles. The second-order valence-corrected chi connectivity index (χ2v) is 5.58. The molecule has 0 spiro atoms. The Bertz CT molecular complexity index is 658. The van der Waals surface area contributed by atoms with E-state index in [0.29, 0.717) is 10.2 Å². The molecular formula is C14H14ClN3O3S. The maximum atomic E-state index is 11.7. The number of hydrogen-bond donors (Lipinski definition) is 1. The first kappa shape index (κ1) is 16.4. The van der Waals surface area contributed by atoms with Crippen LogP contribution in [0.3, 0.4) is 0 Å². The number of nitrogens with one attached hydrogen (secondary N) is 1. The molecule has 116 valence electrons. The molecule has 6 nitrogen and oxygen atoms in total. The van der Waals surface area contributed by atoms with Crippen LogP contribution in [0.4, 0.5) is 0 Å². The smallest absolute Gasteiger partial charge is 0.325 e. The quantitative estimate of drug-likeness (QED) is 0.643. The highest BCUT2D eigenvalue weighted by molar-refractivity contribution is 7.99. The summed E-state index contributed by atoms with van der Waals surface area (Å²) in [6, 6.07) is 7.31. The van der Waals surface area contributed by atoms with Crippen molar-refractivity contribution in [1.82, 2.24) is 14.9 Å². The fourth-order valence-electron chi connectivity index (χ4n) is 1.62. The maximum absolute atomic E-state index is 11.7. The number of methoxy groups -OCH3 is 1. The van der Waals surface area contributed by atoms with Crippen LogP contribution in [0.2, 0.25) is 5.02 Å². The third-order valence-electron chi connectivity index (χ3n) is 2.70. The van der Waals surface area contributed by atoms with Gasteiger partial charge in [0.25, 0.3) is 0 Å². The van der Waals surface area contributed by atoms with Gasteiger partial charge in [0.05, 0.1) is 12.9 Å². The van der Waals surface area contributed by atoms with Crippen molar-refractivity contribution >= 4 is 35.2 Å². The fourth-order valence-corrected chi connectivity index (χ4v) is 2.55. The Labute approximate surface area is 136 Å². The summed E-state index contributed by atoms with van der Waals surface area (Å²) >= 11 is 7.14.